The summed E-state index contributed by atoms with van der Waals surface area (Å²) in [4.78, 5) is 2.46. The van der Waals surface area contributed by atoms with Gasteiger partial charge in [-0.2, -0.15) is 5.10 Å². The van der Waals surface area contributed by atoms with Crippen LogP contribution < -0.4 is 10.2 Å². The average molecular weight is 328 g/mol. The molecule has 24 heavy (non-hydrogen) atoms. The summed E-state index contributed by atoms with van der Waals surface area (Å²) in [6, 6.07) is 6.68. The number of nitrogens with zero attached hydrogens (tertiary/aromatic N) is 3. The Labute approximate surface area is 144 Å². The van der Waals surface area contributed by atoms with Crippen LogP contribution in [0.4, 0.5) is 11.4 Å². The average Bonchev–Trinajstić information content (AvgIpc) is 3.17. The van der Waals surface area contributed by atoms with Crippen molar-refractivity contribution in [1.29, 1.82) is 0 Å². The number of aliphatic hydroxyl groups excluding tert-OH is 1. The summed E-state index contributed by atoms with van der Waals surface area (Å²) in [7, 11) is 0. The lowest BCUT2D eigenvalue weighted by atomic mass is 10.1. The van der Waals surface area contributed by atoms with Crippen LogP contribution in [0.25, 0.3) is 0 Å². The highest BCUT2D eigenvalue weighted by Gasteiger charge is 2.14. The zero-order valence-electron chi connectivity index (χ0n) is 15.0. The molecule has 2 aromatic rings. The van der Waals surface area contributed by atoms with E-state index in [0.29, 0.717) is 6.54 Å². The lowest BCUT2D eigenvalue weighted by molar-refractivity contribution is 0.268. The summed E-state index contributed by atoms with van der Waals surface area (Å²) >= 11 is 0. The summed E-state index contributed by atoms with van der Waals surface area (Å²) < 4.78 is 1.88. The number of hydrogen-bond donors (Lipinski definition) is 2. The Bertz CT molecular complexity index is 702. The summed E-state index contributed by atoms with van der Waals surface area (Å²) in [5.74, 6) is 0. The van der Waals surface area contributed by atoms with Crippen LogP contribution in [0.3, 0.4) is 0 Å². The Morgan fingerprint density at radius 2 is 1.92 bits per heavy atom. The highest BCUT2D eigenvalue weighted by Crippen LogP contribution is 2.26. The molecule has 3 rings (SSSR count). The van der Waals surface area contributed by atoms with Crippen LogP contribution in [0.2, 0.25) is 0 Å². The van der Waals surface area contributed by atoms with Gasteiger partial charge in [0, 0.05) is 42.3 Å². The molecule has 1 fully saturated rings. The number of nitrogens with one attached hydrogen (secondary N) is 1. The van der Waals surface area contributed by atoms with E-state index in [2.05, 4.69) is 47.4 Å². The largest absolute Gasteiger partial charge is 0.394 e. The van der Waals surface area contributed by atoms with Crippen molar-refractivity contribution in [3.8, 4) is 0 Å². The smallest absolute Gasteiger partial charge is 0.0646 e. The van der Waals surface area contributed by atoms with Gasteiger partial charge in [0.1, 0.15) is 0 Å². The lowest BCUT2D eigenvalue weighted by Gasteiger charge is -2.19. The van der Waals surface area contributed by atoms with E-state index in [-0.39, 0.29) is 6.61 Å². The third-order valence-corrected chi connectivity index (χ3v) is 4.98. The molecule has 5 nitrogen and oxygen atoms in total. The number of aryl methyl sites for hydroxylation is 2. The SMILES string of the molecule is Cc1cc(N2CCCC2)ccc1NCc1c(C)nn(CCO)c1C. The fraction of sp³-hybridized carbons (Fsp3) is 0.526. The van der Waals surface area contributed by atoms with E-state index in [1.54, 1.807) is 0 Å². The van der Waals surface area contributed by atoms with E-state index in [0.717, 1.165) is 17.9 Å². The molecule has 1 aromatic heterocycles. The van der Waals surface area contributed by atoms with Crippen molar-refractivity contribution in [2.45, 2.75) is 46.7 Å². The third kappa shape index (κ3) is 3.41. The third-order valence-electron chi connectivity index (χ3n) is 4.98. The molecule has 0 spiro atoms. The lowest BCUT2D eigenvalue weighted by Crippen LogP contribution is -2.17. The summed E-state index contributed by atoms with van der Waals surface area (Å²) in [5, 5.41) is 17.2. The van der Waals surface area contributed by atoms with Crippen LogP contribution in [-0.2, 0) is 13.1 Å². The molecule has 1 aliphatic rings. The first-order chi connectivity index (χ1) is 11.6. The molecule has 0 aliphatic carbocycles. The number of hydrogen-bond acceptors (Lipinski definition) is 4. The molecule has 1 aliphatic heterocycles. The highest BCUT2D eigenvalue weighted by atomic mass is 16.3. The van der Waals surface area contributed by atoms with Gasteiger partial charge in [-0.15, -0.1) is 0 Å². The summed E-state index contributed by atoms with van der Waals surface area (Å²) in [6.45, 7) is 10.0. The van der Waals surface area contributed by atoms with Gasteiger partial charge in [-0.3, -0.25) is 4.68 Å². The molecule has 0 radical (unpaired) electrons. The summed E-state index contributed by atoms with van der Waals surface area (Å²) in [5.41, 5.74) is 7.15. The molecule has 0 unspecified atom stereocenters. The Morgan fingerprint density at radius 1 is 1.17 bits per heavy atom. The standard InChI is InChI=1S/C19H28N4O/c1-14-12-17(22-8-4-5-9-22)6-7-19(14)20-13-18-15(2)21-23(10-11-24)16(18)3/h6-7,12,20,24H,4-5,8-11,13H2,1-3H3. The second-order valence-corrected chi connectivity index (χ2v) is 6.64. The molecule has 2 heterocycles. The van der Waals surface area contributed by atoms with E-state index in [4.69, 9.17) is 5.11 Å². The second-order valence-electron chi connectivity index (χ2n) is 6.64. The maximum atomic E-state index is 9.12. The van der Waals surface area contributed by atoms with Crippen molar-refractivity contribution in [3.05, 3.63) is 40.7 Å². The van der Waals surface area contributed by atoms with E-state index in [1.807, 2.05) is 11.6 Å². The molecule has 0 amide bonds. The predicted molar refractivity (Wildman–Crippen MR) is 98.7 cm³/mol. The van der Waals surface area contributed by atoms with E-state index < -0.39 is 0 Å². The maximum Gasteiger partial charge on any atom is 0.0646 e. The fourth-order valence-electron chi connectivity index (χ4n) is 3.50. The van der Waals surface area contributed by atoms with Gasteiger partial charge < -0.3 is 15.3 Å². The van der Waals surface area contributed by atoms with Crippen molar-refractivity contribution in [3.63, 3.8) is 0 Å². The molecule has 0 saturated carbocycles. The van der Waals surface area contributed by atoms with Gasteiger partial charge >= 0.3 is 0 Å². The van der Waals surface area contributed by atoms with Crippen LogP contribution in [0, 0.1) is 20.8 Å². The first kappa shape index (κ1) is 16.8. The van der Waals surface area contributed by atoms with E-state index >= 15 is 0 Å². The van der Waals surface area contributed by atoms with Gasteiger partial charge in [-0.25, -0.2) is 0 Å². The van der Waals surface area contributed by atoms with Crippen LogP contribution in [0.5, 0.6) is 0 Å². The van der Waals surface area contributed by atoms with Gasteiger partial charge in [0.25, 0.3) is 0 Å². The Kier molecular flexibility index (Phi) is 5.09. The monoisotopic (exact) mass is 328 g/mol. The van der Waals surface area contributed by atoms with Crippen LogP contribution in [-0.4, -0.2) is 34.6 Å². The highest BCUT2D eigenvalue weighted by molar-refractivity contribution is 5.60. The maximum absolute atomic E-state index is 9.12. The number of benzene rings is 1. The summed E-state index contributed by atoms with van der Waals surface area (Å²) in [6.07, 6.45) is 2.60. The van der Waals surface area contributed by atoms with Gasteiger partial charge in [-0.1, -0.05) is 0 Å². The minimum atomic E-state index is 0.117. The first-order valence-corrected chi connectivity index (χ1v) is 8.83. The normalized spacial score (nSPS) is 14.4. The molecule has 0 atom stereocenters. The Morgan fingerprint density at radius 3 is 2.58 bits per heavy atom. The second kappa shape index (κ2) is 7.26. The van der Waals surface area contributed by atoms with E-state index in [1.165, 1.54) is 48.4 Å². The van der Waals surface area contributed by atoms with Crippen molar-refractivity contribution in [1.82, 2.24) is 9.78 Å². The van der Waals surface area contributed by atoms with Crippen molar-refractivity contribution in [2.24, 2.45) is 0 Å². The van der Waals surface area contributed by atoms with Crippen molar-refractivity contribution in [2.75, 3.05) is 29.9 Å². The fourth-order valence-corrected chi connectivity index (χ4v) is 3.50. The van der Waals surface area contributed by atoms with Crippen molar-refractivity contribution < 1.29 is 5.11 Å². The number of anilines is 2. The van der Waals surface area contributed by atoms with Crippen molar-refractivity contribution >= 4 is 11.4 Å². The minimum Gasteiger partial charge on any atom is -0.394 e. The zero-order valence-corrected chi connectivity index (χ0v) is 15.0. The number of aliphatic hydroxyl groups is 1. The molecular formula is C19H28N4O. The minimum absolute atomic E-state index is 0.117. The topological polar surface area (TPSA) is 53.3 Å². The van der Waals surface area contributed by atoms with Gasteiger partial charge in [0.2, 0.25) is 0 Å². The zero-order chi connectivity index (χ0) is 17.1. The van der Waals surface area contributed by atoms with E-state index in [9.17, 15) is 0 Å². The number of rotatable bonds is 6. The quantitative estimate of drug-likeness (QED) is 0.856. The van der Waals surface area contributed by atoms with Gasteiger partial charge in [0.15, 0.2) is 0 Å². The molecule has 1 saturated heterocycles. The van der Waals surface area contributed by atoms with Gasteiger partial charge in [-0.05, 0) is 57.4 Å². The first-order valence-electron chi connectivity index (χ1n) is 8.83. The molecular weight excluding hydrogens is 300 g/mol. The predicted octanol–water partition coefficient (Wildman–Crippen LogP) is 3.01. The molecule has 1 aromatic carbocycles. The Balaban J connectivity index is 1.70. The van der Waals surface area contributed by atoms with Crippen LogP contribution in [0.15, 0.2) is 18.2 Å². The van der Waals surface area contributed by atoms with Crippen LogP contribution in [0.1, 0.15) is 35.4 Å². The number of aromatic nitrogens is 2. The van der Waals surface area contributed by atoms with Crippen LogP contribution >= 0.6 is 0 Å². The van der Waals surface area contributed by atoms with Gasteiger partial charge in [0.05, 0.1) is 18.8 Å². The molecule has 5 heteroatoms. The molecule has 130 valence electrons. The Hall–Kier alpha value is -2.01. The molecule has 0 bridgehead atoms. The molecule has 2 N–H and O–H groups in total.